The van der Waals surface area contributed by atoms with Gasteiger partial charge in [0.2, 0.25) is 0 Å². The maximum Gasteiger partial charge on any atom is 0.134 e. The van der Waals surface area contributed by atoms with Crippen LogP contribution in [-0.2, 0) is 4.74 Å². The van der Waals surface area contributed by atoms with Gasteiger partial charge in [-0.1, -0.05) is 0 Å². The maximum atomic E-state index is 5.13. The van der Waals surface area contributed by atoms with Crippen LogP contribution >= 0.6 is 0 Å². The Kier molecular flexibility index (Phi) is 6.05. The first-order valence-electron chi connectivity index (χ1n) is 8.90. The molecule has 0 aromatic carbocycles. The summed E-state index contributed by atoms with van der Waals surface area (Å²) in [7, 11) is 1.77. The van der Waals surface area contributed by atoms with E-state index >= 15 is 0 Å². The van der Waals surface area contributed by atoms with Gasteiger partial charge >= 0.3 is 0 Å². The fourth-order valence-corrected chi connectivity index (χ4v) is 3.49. The number of likely N-dealkylation sites (tertiary alicyclic amines) is 1. The molecule has 2 aliphatic rings. The zero-order chi connectivity index (χ0) is 15.9. The van der Waals surface area contributed by atoms with E-state index in [9.17, 15) is 0 Å². The van der Waals surface area contributed by atoms with Crippen molar-refractivity contribution in [3.8, 4) is 0 Å². The maximum absolute atomic E-state index is 5.13. The molecule has 0 spiro atoms. The van der Waals surface area contributed by atoms with Crippen molar-refractivity contribution in [2.75, 3.05) is 56.7 Å². The van der Waals surface area contributed by atoms with Gasteiger partial charge in [0.1, 0.15) is 18.0 Å². The van der Waals surface area contributed by atoms with E-state index in [2.05, 4.69) is 31.2 Å². The standard InChI is InChI=1S/C17H29N5O/c1-23-12-4-7-21-10-5-15(6-11-21)20-16-13-17(19-14-18-16)22-8-2-3-9-22/h13-15H,2-12H2,1H3,(H,18,19,20). The number of aromatic nitrogens is 2. The van der Waals surface area contributed by atoms with Crippen molar-refractivity contribution in [1.82, 2.24) is 14.9 Å². The highest BCUT2D eigenvalue weighted by molar-refractivity contribution is 5.49. The van der Waals surface area contributed by atoms with Crippen LogP contribution in [0.4, 0.5) is 11.6 Å². The van der Waals surface area contributed by atoms with E-state index in [0.717, 1.165) is 57.4 Å². The Labute approximate surface area is 139 Å². The molecule has 6 heteroatoms. The first-order chi connectivity index (χ1) is 11.3. The third-order valence-corrected chi connectivity index (χ3v) is 4.85. The lowest BCUT2D eigenvalue weighted by molar-refractivity contribution is 0.159. The summed E-state index contributed by atoms with van der Waals surface area (Å²) in [6, 6.07) is 2.63. The van der Waals surface area contributed by atoms with Crippen molar-refractivity contribution in [3.05, 3.63) is 12.4 Å². The average Bonchev–Trinajstić information content (AvgIpc) is 3.12. The number of nitrogens with zero attached hydrogens (tertiary/aromatic N) is 4. The molecule has 0 saturated carbocycles. The summed E-state index contributed by atoms with van der Waals surface area (Å²) in [6.45, 7) is 6.56. The zero-order valence-corrected chi connectivity index (χ0v) is 14.2. The van der Waals surface area contributed by atoms with Crippen LogP contribution in [-0.4, -0.2) is 67.4 Å². The van der Waals surface area contributed by atoms with E-state index in [0.29, 0.717) is 6.04 Å². The molecule has 2 saturated heterocycles. The first kappa shape index (κ1) is 16.5. The Bertz CT molecular complexity index is 470. The molecule has 0 unspecified atom stereocenters. The third kappa shape index (κ3) is 4.78. The minimum atomic E-state index is 0.523. The van der Waals surface area contributed by atoms with Gasteiger partial charge in [-0.15, -0.1) is 0 Å². The van der Waals surface area contributed by atoms with Crippen LogP contribution in [0.25, 0.3) is 0 Å². The topological polar surface area (TPSA) is 53.5 Å². The molecule has 2 fully saturated rings. The quantitative estimate of drug-likeness (QED) is 0.776. The normalized spacial score (nSPS) is 20.1. The number of anilines is 2. The van der Waals surface area contributed by atoms with Crippen molar-refractivity contribution < 1.29 is 4.74 Å². The molecule has 0 aliphatic carbocycles. The highest BCUT2D eigenvalue weighted by atomic mass is 16.5. The molecule has 0 radical (unpaired) electrons. The number of rotatable bonds is 7. The summed E-state index contributed by atoms with van der Waals surface area (Å²) in [5.74, 6) is 2.04. The monoisotopic (exact) mass is 319 g/mol. The number of piperidine rings is 1. The van der Waals surface area contributed by atoms with Gasteiger partial charge in [-0.3, -0.25) is 0 Å². The predicted molar refractivity (Wildman–Crippen MR) is 93.1 cm³/mol. The minimum Gasteiger partial charge on any atom is -0.385 e. The zero-order valence-electron chi connectivity index (χ0n) is 14.2. The molecular formula is C17H29N5O. The molecule has 0 amide bonds. The van der Waals surface area contributed by atoms with E-state index in [1.807, 2.05) is 0 Å². The number of ether oxygens (including phenoxy) is 1. The average molecular weight is 319 g/mol. The molecule has 0 atom stereocenters. The van der Waals surface area contributed by atoms with Crippen LogP contribution in [0, 0.1) is 0 Å². The largest absolute Gasteiger partial charge is 0.385 e. The van der Waals surface area contributed by atoms with Gasteiger partial charge in [-0.2, -0.15) is 0 Å². The van der Waals surface area contributed by atoms with Gasteiger partial charge in [0.25, 0.3) is 0 Å². The fourth-order valence-electron chi connectivity index (χ4n) is 3.49. The second-order valence-electron chi connectivity index (χ2n) is 6.56. The molecule has 23 heavy (non-hydrogen) atoms. The Balaban J connectivity index is 1.46. The smallest absolute Gasteiger partial charge is 0.134 e. The highest BCUT2D eigenvalue weighted by Crippen LogP contribution is 2.21. The molecule has 2 aliphatic heterocycles. The molecule has 6 nitrogen and oxygen atoms in total. The predicted octanol–water partition coefficient (Wildman–Crippen LogP) is 1.99. The molecule has 1 aromatic rings. The summed E-state index contributed by atoms with van der Waals surface area (Å²) in [5, 5.41) is 3.60. The second-order valence-corrected chi connectivity index (χ2v) is 6.56. The molecule has 3 heterocycles. The van der Waals surface area contributed by atoms with Gasteiger partial charge in [0, 0.05) is 58.5 Å². The van der Waals surface area contributed by atoms with Crippen LogP contribution in [0.2, 0.25) is 0 Å². The van der Waals surface area contributed by atoms with Crippen LogP contribution in [0.3, 0.4) is 0 Å². The Hall–Kier alpha value is -1.40. The molecular weight excluding hydrogens is 290 g/mol. The number of methoxy groups -OCH3 is 1. The van der Waals surface area contributed by atoms with Gasteiger partial charge in [0.15, 0.2) is 0 Å². The second kappa shape index (κ2) is 8.45. The molecule has 128 valence electrons. The highest BCUT2D eigenvalue weighted by Gasteiger charge is 2.20. The van der Waals surface area contributed by atoms with Crippen molar-refractivity contribution in [2.24, 2.45) is 0 Å². The molecule has 0 bridgehead atoms. The van der Waals surface area contributed by atoms with Crippen molar-refractivity contribution in [1.29, 1.82) is 0 Å². The van der Waals surface area contributed by atoms with Gasteiger partial charge in [-0.05, 0) is 32.1 Å². The van der Waals surface area contributed by atoms with Crippen molar-refractivity contribution >= 4 is 11.6 Å². The SMILES string of the molecule is COCCCN1CCC(Nc2cc(N3CCCC3)ncn2)CC1. The Morgan fingerprint density at radius 2 is 1.96 bits per heavy atom. The van der Waals surface area contributed by atoms with Crippen LogP contribution in [0.5, 0.6) is 0 Å². The lowest BCUT2D eigenvalue weighted by atomic mass is 10.0. The van der Waals surface area contributed by atoms with E-state index in [-0.39, 0.29) is 0 Å². The summed E-state index contributed by atoms with van der Waals surface area (Å²) in [5.41, 5.74) is 0. The van der Waals surface area contributed by atoms with Crippen LogP contribution < -0.4 is 10.2 Å². The van der Waals surface area contributed by atoms with E-state index in [4.69, 9.17) is 4.74 Å². The lowest BCUT2D eigenvalue weighted by Crippen LogP contribution is -2.39. The van der Waals surface area contributed by atoms with Crippen molar-refractivity contribution in [3.63, 3.8) is 0 Å². The van der Waals surface area contributed by atoms with Crippen LogP contribution in [0.1, 0.15) is 32.1 Å². The van der Waals surface area contributed by atoms with E-state index < -0.39 is 0 Å². The number of nitrogens with one attached hydrogen (secondary N) is 1. The van der Waals surface area contributed by atoms with Crippen LogP contribution in [0.15, 0.2) is 12.4 Å². The fraction of sp³-hybridized carbons (Fsp3) is 0.765. The summed E-state index contributed by atoms with van der Waals surface area (Å²) in [6.07, 6.45) is 7.71. The summed E-state index contributed by atoms with van der Waals surface area (Å²) < 4.78 is 5.13. The molecule has 3 rings (SSSR count). The summed E-state index contributed by atoms with van der Waals surface area (Å²) in [4.78, 5) is 13.7. The Morgan fingerprint density at radius 1 is 1.17 bits per heavy atom. The third-order valence-electron chi connectivity index (χ3n) is 4.85. The van der Waals surface area contributed by atoms with E-state index in [1.165, 1.54) is 25.7 Å². The number of hydrogen-bond donors (Lipinski definition) is 1. The molecule has 1 N–H and O–H groups in total. The van der Waals surface area contributed by atoms with Crippen molar-refractivity contribution in [2.45, 2.75) is 38.1 Å². The van der Waals surface area contributed by atoms with Gasteiger partial charge < -0.3 is 19.9 Å². The minimum absolute atomic E-state index is 0.523. The van der Waals surface area contributed by atoms with Gasteiger partial charge in [0.05, 0.1) is 0 Å². The number of hydrogen-bond acceptors (Lipinski definition) is 6. The Morgan fingerprint density at radius 3 is 2.70 bits per heavy atom. The lowest BCUT2D eigenvalue weighted by Gasteiger charge is -2.32. The van der Waals surface area contributed by atoms with E-state index in [1.54, 1.807) is 13.4 Å². The van der Waals surface area contributed by atoms with Gasteiger partial charge in [-0.25, -0.2) is 9.97 Å². The first-order valence-corrected chi connectivity index (χ1v) is 8.90. The molecule has 1 aromatic heterocycles. The summed E-state index contributed by atoms with van der Waals surface area (Å²) >= 11 is 0.